The molecule has 1 aromatic rings. The summed E-state index contributed by atoms with van der Waals surface area (Å²) in [6.45, 7) is 8.32. The van der Waals surface area contributed by atoms with Crippen molar-refractivity contribution in [2.75, 3.05) is 18.0 Å². The molecule has 1 aliphatic rings. The van der Waals surface area contributed by atoms with E-state index < -0.39 is 35.4 Å². The van der Waals surface area contributed by atoms with Crippen LogP contribution < -0.4 is 16.0 Å². The normalized spacial score (nSPS) is 14.8. The van der Waals surface area contributed by atoms with Gasteiger partial charge in [-0.2, -0.15) is 18.4 Å². The molecule has 0 spiro atoms. The molecule has 2 amide bonds. The Morgan fingerprint density at radius 3 is 2.23 bits per heavy atom. The van der Waals surface area contributed by atoms with Gasteiger partial charge in [-0.25, -0.2) is 4.79 Å². The molecule has 7 nitrogen and oxygen atoms in total. The smallest absolute Gasteiger partial charge is 0.416 e. The first-order valence-electron chi connectivity index (χ1n) is 9.39. The number of carbonyl (C=O) groups is 2. The lowest BCUT2D eigenvalue weighted by molar-refractivity contribution is -0.137. The second kappa shape index (κ2) is 10.2. The van der Waals surface area contributed by atoms with Crippen LogP contribution in [0.3, 0.4) is 0 Å². The van der Waals surface area contributed by atoms with Gasteiger partial charge >= 0.3 is 12.3 Å². The van der Waals surface area contributed by atoms with Crippen molar-refractivity contribution in [3.8, 4) is 6.07 Å². The van der Waals surface area contributed by atoms with Gasteiger partial charge in [0.25, 0.3) is 0 Å². The second-order valence-electron chi connectivity index (χ2n) is 7.81. The molecule has 3 N–H and O–H groups in total. The van der Waals surface area contributed by atoms with Crippen molar-refractivity contribution in [2.45, 2.75) is 58.4 Å². The van der Waals surface area contributed by atoms with Gasteiger partial charge in [0.15, 0.2) is 0 Å². The van der Waals surface area contributed by atoms with E-state index in [4.69, 9.17) is 15.7 Å². The molecule has 0 aliphatic carbocycles. The fourth-order valence-electron chi connectivity index (χ4n) is 2.59. The molecule has 0 aromatic heterocycles. The van der Waals surface area contributed by atoms with Gasteiger partial charge in [-0.1, -0.05) is 0 Å². The minimum absolute atomic E-state index is 0.0988. The SMILES string of the molecule is CC(NC(=O)OC(C)(C)C)C(N)=O.N#Cc1cc(C(F)(F)F)ccc1N1CCCC1. The number of nitrogens with one attached hydrogen (secondary N) is 1. The van der Waals surface area contributed by atoms with Crippen molar-refractivity contribution in [3.05, 3.63) is 29.3 Å². The van der Waals surface area contributed by atoms with Crippen molar-refractivity contribution < 1.29 is 27.5 Å². The first-order chi connectivity index (χ1) is 13.7. The van der Waals surface area contributed by atoms with Crippen LogP contribution in [0.4, 0.5) is 23.7 Å². The zero-order chi connectivity index (χ0) is 23.1. The van der Waals surface area contributed by atoms with Gasteiger partial charge in [0.05, 0.1) is 16.8 Å². The molecular weight excluding hydrogens is 401 g/mol. The van der Waals surface area contributed by atoms with E-state index in [1.807, 2.05) is 11.0 Å². The molecule has 1 aromatic carbocycles. The first-order valence-corrected chi connectivity index (χ1v) is 9.39. The topological polar surface area (TPSA) is 108 Å². The van der Waals surface area contributed by atoms with Gasteiger partial charge in [0.1, 0.15) is 17.7 Å². The molecule has 1 heterocycles. The number of nitrogens with zero attached hydrogens (tertiary/aromatic N) is 2. The van der Waals surface area contributed by atoms with E-state index in [-0.39, 0.29) is 5.56 Å². The van der Waals surface area contributed by atoms with Crippen molar-refractivity contribution in [1.82, 2.24) is 5.32 Å². The van der Waals surface area contributed by atoms with E-state index >= 15 is 0 Å². The number of nitrogens with two attached hydrogens (primary N) is 1. The maximum absolute atomic E-state index is 12.5. The third-order valence-corrected chi connectivity index (χ3v) is 4.05. The summed E-state index contributed by atoms with van der Waals surface area (Å²) in [7, 11) is 0. The second-order valence-corrected chi connectivity index (χ2v) is 7.81. The van der Waals surface area contributed by atoms with Gasteiger partial charge in [0, 0.05) is 13.1 Å². The number of primary amides is 1. The van der Waals surface area contributed by atoms with Crippen LogP contribution in [0.2, 0.25) is 0 Å². The molecule has 1 fully saturated rings. The average Bonchev–Trinajstić information content (AvgIpc) is 3.13. The summed E-state index contributed by atoms with van der Waals surface area (Å²) >= 11 is 0. The lowest BCUT2D eigenvalue weighted by atomic mass is 10.1. The number of anilines is 1. The van der Waals surface area contributed by atoms with Crippen LogP contribution in [-0.2, 0) is 15.7 Å². The first kappa shape index (κ1) is 25.1. The summed E-state index contributed by atoms with van der Waals surface area (Å²) in [6, 6.07) is 4.49. The predicted octanol–water partition coefficient (Wildman–Crippen LogP) is 3.56. The van der Waals surface area contributed by atoms with Crippen LogP contribution in [0.1, 0.15) is 51.7 Å². The third-order valence-electron chi connectivity index (χ3n) is 4.05. The highest BCUT2D eigenvalue weighted by Gasteiger charge is 2.31. The molecule has 2 rings (SSSR count). The summed E-state index contributed by atoms with van der Waals surface area (Å²) in [5.74, 6) is -0.592. The van der Waals surface area contributed by atoms with Crippen molar-refractivity contribution >= 4 is 17.7 Å². The van der Waals surface area contributed by atoms with Crippen LogP contribution >= 0.6 is 0 Å². The number of nitriles is 1. The summed E-state index contributed by atoms with van der Waals surface area (Å²) in [5.41, 5.74) is 4.31. The zero-order valence-electron chi connectivity index (χ0n) is 17.5. The number of ether oxygens (including phenoxy) is 1. The van der Waals surface area contributed by atoms with Gasteiger partial charge in [-0.15, -0.1) is 0 Å². The van der Waals surface area contributed by atoms with E-state index in [0.717, 1.165) is 38.1 Å². The number of carbonyl (C=O) groups excluding carboxylic acids is 2. The quantitative estimate of drug-likeness (QED) is 0.765. The van der Waals surface area contributed by atoms with Gasteiger partial charge < -0.3 is 20.7 Å². The molecule has 10 heteroatoms. The Morgan fingerprint density at radius 2 is 1.80 bits per heavy atom. The zero-order valence-corrected chi connectivity index (χ0v) is 17.5. The molecule has 0 saturated carbocycles. The molecule has 1 unspecified atom stereocenters. The number of hydrogen-bond acceptors (Lipinski definition) is 5. The Bertz CT molecular complexity index is 792. The third kappa shape index (κ3) is 8.19. The number of benzene rings is 1. The van der Waals surface area contributed by atoms with E-state index in [1.165, 1.54) is 13.0 Å². The molecule has 166 valence electrons. The molecule has 30 heavy (non-hydrogen) atoms. The van der Waals surface area contributed by atoms with Crippen LogP contribution in [0.15, 0.2) is 18.2 Å². The van der Waals surface area contributed by atoms with E-state index in [9.17, 15) is 22.8 Å². The number of amides is 2. The van der Waals surface area contributed by atoms with Gasteiger partial charge in [-0.05, 0) is 58.7 Å². The Morgan fingerprint density at radius 1 is 1.23 bits per heavy atom. The highest BCUT2D eigenvalue weighted by molar-refractivity contribution is 5.83. The number of alkyl halides is 3. The number of rotatable bonds is 3. The Labute approximate surface area is 174 Å². The standard InChI is InChI=1S/C12H11F3N2.C8H16N2O3/c13-12(14,15)10-3-4-11(9(7-10)8-16)17-5-1-2-6-17;1-5(6(9)11)10-7(12)13-8(2,3)4/h3-4,7H,1-2,5-6H2;5H,1-4H3,(H2,9,11)(H,10,12). The Kier molecular flexibility index (Phi) is 8.51. The van der Waals surface area contributed by atoms with Gasteiger partial charge in [0.2, 0.25) is 5.91 Å². The molecule has 1 saturated heterocycles. The Balaban J connectivity index is 0.000000314. The minimum Gasteiger partial charge on any atom is -0.444 e. The van der Waals surface area contributed by atoms with Crippen LogP contribution in [0.5, 0.6) is 0 Å². The highest BCUT2D eigenvalue weighted by atomic mass is 19.4. The van der Waals surface area contributed by atoms with Crippen LogP contribution in [0.25, 0.3) is 0 Å². The lowest BCUT2D eigenvalue weighted by Gasteiger charge is -2.20. The van der Waals surface area contributed by atoms with Crippen molar-refractivity contribution in [1.29, 1.82) is 5.26 Å². The molecule has 1 atom stereocenters. The summed E-state index contributed by atoms with van der Waals surface area (Å²) < 4.78 is 42.4. The van der Waals surface area contributed by atoms with E-state index in [1.54, 1.807) is 20.8 Å². The van der Waals surface area contributed by atoms with E-state index in [0.29, 0.717) is 5.69 Å². The van der Waals surface area contributed by atoms with Crippen LogP contribution in [-0.4, -0.2) is 36.7 Å². The fraction of sp³-hybridized carbons (Fsp3) is 0.550. The average molecular weight is 428 g/mol. The maximum Gasteiger partial charge on any atom is 0.416 e. The monoisotopic (exact) mass is 428 g/mol. The molecule has 0 radical (unpaired) electrons. The largest absolute Gasteiger partial charge is 0.444 e. The van der Waals surface area contributed by atoms with Crippen molar-refractivity contribution in [2.24, 2.45) is 5.73 Å². The molecule has 0 bridgehead atoms. The number of hydrogen-bond donors (Lipinski definition) is 2. The molecular formula is C20H27F3N4O3. The van der Waals surface area contributed by atoms with Gasteiger partial charge in [-0.3, -0.25) is 4.79 Å². The molecule has 1 aliphatic heterocycles. The fourth-order valence-corrected chi connectivity index (χ4v) is 2.59. The van der Waals surface area contributed by atoms with Crippen LogP contribution in [0, 0.1) is 11.3 Å². The Hall–Kier alpha value is -2.96. The summed E-state index contributed by atoms with van der Waals surface area (Å²) in [5, 5.41) is 11.2. The summed E-state index contributed by atoms with van der Waals surface area (Å²) in [6.07, 6.45) is -2.99. The number of halogens is 3. The maximum atomic E-state index is 12.5. The summed E-state index contributed by atoms with van der Waals surface area (Å²) in [4.78, 5) is 23.5. The van der Waals surface area contributed by atoms with Crippen molar-refractivity contribution in [3.63, 3.8) is 0 Å². The van der Waals surface area contributed by atoms with E-state index in [2.05, 4.69) is 5.32 Å². The predicted molar refractivity (Wildman–Crippen MR) is 106 cm³/mol. The highest BCUT2D eigenvalue weighted by Crippen LogP contribution is 2.33. The minimum atomic E-state index is -4.39. The lowest BCUT2D eigenvalue weighted by Crippen LogP contribution is -2.44. The number of alkyl carbamates (subject to hydrolysis) is 1.